The van der Waals surface area contributed by atoms with E-state index in [9.17, 15) is 9.59 Å². The molecule has 1 rings (SSSR count). The molecular formula is C17H23NO3S. The van der Waals surface area contributed by atoms with Crippen molar-refractivity contribution in [1.82, 2.24) is 5.32 Å². The van der Waals surface area contributed by atoms with Gasteiger partial charge in [0.15, 0.2) is 0 Å². The van der Waals surface area contributed by atoms with E-state index in [4.69, 9.17) is 5.11 Å². The lowest BCUT2D eigenvalue weighted by Crippen LogP contribution is -2.32. The summed E-state index contributed by atoms with van der Waals surface area (Å²) in [7, 11) is 0. The molecule has 0 saturated heterocycles. The van der Waals surface area contributed by atoms with Crippen molar-refractivity contribution >= 4 is 23.6 Å². The van der Waals surface area contributed by atoms with Gasteiger partial charge >= 0.3 is 5.97 Å². The lowest BCUT2D eigenvalue weighted by Gasteiger charge is -2.16. The van der Waals surface area contributed by atoms with Crippen LogP contribution in [0.1, 0.15) is 43.5 Å². The van der Waals surface area contributed by atoms with Gasteiger partial charge in [0.1, 0.15) is 5.25 Å². The van der Waals surface area contributed by atoms with Gasteiger partial charge in [-0.3, -0.25) is 9.59 Å². The van der Waals surface area contributed by atoms with Crippen LogP contribution in [0, 0.1) is 0 Å². The molecule has 0 heterocycles. The van der Waals surface area contributed by atoms with Gasteiger partial charge in [-0.15, -0.1) is 18.3 Å². The van der Waals surface area contributed by atoms with E-state index in [-0.39, 0.29) is 11.9 Å². The van der Waals surface area contributed by atoms with Gasteiger partial charge in [-0.25, -0.2) is 0 Å². The number of hydrogen-bond acceptors (Lipinski definition) is 3. The Morgan fingerprint density at radius 1 is 1.36 bits per heavy atom. The van der Waals surface area contributed by atoms with Crippen LogP contribution in [0.5, 0.6) is 0 Å². The van der Waals surface area contributed by atoms with Crippen molar-refractivity contribution in [2.24, 2.45) is 0 Å². The first-order valence-electron chi connectivity index (χ1n) is 7.36. The topological polar surface area (TPSA) is 66.4 Å². The van der Waals surface area contributed by atoms with Crippen molar-refractivity contribution in [1.29, 1.82) is 0 Å². The van der Waals surface area contributed by atoms with E-state index in [0.717, 1.165) is 19.3 Å². The zero-order valence-corrected chi connectivity index (χ0v) is 13.9. The van der Waals surface area contributed by atoms with E-state index < -0.39 is 11.2 Å². The SMILES string of the molecule is C=CCCCC(C)NC(=O)c1ccccc1SC(C)C(=O)O. The number of unbranched alkanes of at least 4 members (excludes halogenated alkanes) is 1. The van der Waals surface area contributed by atoms with Gasteiger partial charge < -0.3 is 10.4 Å². The maximum atomic E-state index is 12.4. The summed E-state index contributed by atoms with van der Waals surface area (Å²) in [5, 5.41) is 11.4. The number of hydrogen-bond donors (Lipinski definition) is 2. The van der Waals surface area contributed by atoms with Crippen LogP contribution in [0.4, 0.5) is 0 Å². The Morgan fingerprint density at radius 2 is 2.05 bits per heavy atom. The zero-order chi connectivity index (χ0) is 16.5. The lowest BCUT2D eigenvalue weighted by molar-refractivity contribution is -0.136. The molecule has 0 saturated carbocycles. The molecule has 0 aliphatic carbocycles. The minimum Gasteiger partial charge on any atom is -0.480 e. The van der Waals surface area contributed by atoms with E-state index in [2.05, 4.69) is 11.9 Å². The zero-order valence-electron chi connectivity index (χ0n) is 13.0. The van der Waals surface area contributed by atoms with Crippen LogP contribution in [0.3, 0.4) is 0 Å². The van der Waals surface area contributed by atoms with E-state index in [0.29, 0.717) is 10.5 Å². The fraction of sp³-hybridized carbons (Fsp3) is 0.412. The number of allylic oxidation sites excluding steroid dienone is 1. The van der Waals surface area contributed by atoms with Crippen LogP contribution in [0.15, 0.2) is 41.8 Å². The Balaban J connectivity index is 2.72. The molecule has 0 radical (unpaired) electrons. The highest BCUT2D eigenvalue weighted by atomic mass is 32.2. The van der Waals surface area contributed by atoms with Crippen LogP contribution in [-0.4, -0.2) is 28.3 Å². The number of carbonyl (C=O) groups is 2. The highest BCUT2D eigenvalue weighted by Gasteiger charge is 2.18. The number of rotatable bonds is 9. The second-order valence-corrected chi connectivity index (χ2v) is 6.57. The molecule has 0 bridgehead atoms. The Labute approximate surface area is 136 Å². The number of aliphatic carboxylic acids is 1. The molecule has 2 unspecified atom stereocenters. The number of carboxylic acid groups (broad SMARTS) is 1. The molecule has 0 fully saturated rings. The third-order valence-electron chi connectivity index (χ3n) is 3.21. The summed E-state index contributed by atoms with van der Waals surface area (Å²) >= 11 is 1.18. The molecule has 0 spiro atoms. The van der Waals surface area contributed by atoms with E-state index >= 15 is 0 Å². The highest BCUT2D eigenvalue weighted by Crippen LogP contribution is 2.27. The Hall–Kier alpha value is -1.75. The summed E-state index contributed by atoms with van der Waals surface area (Å²) in [5.41, 5.74) is 0.524. The number of benzene rings is 1. The average Bonchev–Trinajstić information content (AvgIpc) is 2.47. The minimum atomic E-state index is -0.891. The van der Waals surface area contributed by atoms with Gasteiger partial charge in [0.2, 0.25) is 0 Å². The first-order chi connectivity index (χ1) is 10.5. The average molecular weight is 321 g/mol. The van der Waals surface area contributed by atoms with Gasteiger partial charge in [-0.2, -0.15) is 0 Å². The molecule has 0 aliphatic heterocycles. The molecule has 0 aliphatic rings. The van der Waals surface area contributed by atoms with E-state index in [1.165, 1.54) is 11.8 Å². The van der Waals surface area contributed by atoms with Gasteiger partial charge in [-0.1, -0.05) is 18.2 Å². The Kier molecular flexibility index (Phi) is 7.74. The maximum Gasteiger partial charge on any atom is 0.316 e. The molecule has 1 aromatic rings. The Bertz CT molecular complexity index is 530. The van der Waals surface area contributed by atoms with Crippen molar-refractivity contribution in [2.75, 3.05) is 0 Å². The summed E-state index contributed by atoms with van der Waals surface area (Å²) in [6.45, 7) is 7.26. The first kappa shape index (κ1) is 18.3. The van der Waals surface area contributed by atoms with Gasteiger partial charge in [0.05, 0.1) is 5.56 Å². The molecule has 22 heavy (non-hydrogen) atoms. The van der Waals surface area contributed by atoms with Crippen molar-refractivity contribution in [3.05, 3.63) is 42.5 Å². The van der Waals surface area contributed by atoms with Crippen molar-refractivity contribution in [3.8, 4) is 0 Å². The normalized spacial score (nSPS) is 13.2. The number of thioether (sulfide) groups is 1. The van der Waals surface area contributed by atoms with Crippen LogP contribution in [-0.2, 0) is 4.79 Å². The summed E-state index contributed by atoms with van der Waals surface area (Å²) in [4.78, 5) is 24.0. The van der Waals surface area contributed by atoms with Crippen LogP contribution >= 0.6 is 11.8 Å². The number of carboxylic acids is 1. The minimum absolute atomic E-state index is 0.0717. The maximum absolute atomic E-state index is 12.4. The molecule has 1 amide bonds. The Morgan fingerprint density at radius 3 is 2.68 bits per heavy atom. The predicted octanol–water partition coefficient (Wildman–Crippen LogP) is 3.73. The summed E-state index contributed by atoms with van der Waals surface area (Å²) in [6.07, 6.45) is 4.67. The smallest absolute Gasteiger partial charge is 0.316 e. The quantitative estimate of drug-likeness (QED) is 0.413. The number of carbonyl (C=O) groups excluding carboxylic acids is 1. The number of amides is 1. The van der Waals surface area contributed by atoms with Crippen molar-refractivity contribution < 1.29 is 14.7 Å². The molecular weight excluding hydrogens is 298 g/mol. The molecule has 2 N–H and O–H groups in total. The second kappa shape index (κ2) is 9.30. The standard InChI is InChI=1S/C17H23NO3S/c1-4-5-6-9-12(2)18-16(19)14-10-7-8-11-15(14)22-13(3)17(20)21/h4,7-8,10-13H,1,5-6,9H2,2-3H3,(H,18,19)(H,20,21). The monoisotopic (exact) mass is 321 g/mol. The molecule has 2 atom stereocenters. The first-order valence-corrected chi connectivity index (χ1v) is 8.24. The summed E-state index contributed by atoms with van der Waals surface area (Å²) < 4.78 is 0. The van der Waals surface area contributed by atoms with Crippen LogP contribution in [0.2, 0.25) is 0 Å². The molecule has 4 nitrogen and oxygen atoms in total. The van der Waals surface area contributed by atoms with Gasteiger partial charge in [-0.05, 0) is 45.2 Å². The molecule has 1 aromatic carbocycles. The number of nitrogens with one attached hydrogen (secondary N) is 1. The fourth-order valence-corrected chi connectivity index (χ4v) is 2.87. The van der Waals surface area contributed by atoms with Crippen LogP contribution in [0.25, 0.3) is 0 Å². The van der Waals surface area contributed by atoms with E-state index in [1.54, 1.807) is 31.2 Å². The predicted molar refractivity (Wildman–Crippen MR) is 90.4 cm³/mol. The van der Waals surface area contributed by atoms with Gasteiger partial charge in [0, 0.05) is 10.9 Å². The summed E-state index contributed by atoms with van der Waals surface area (Å²) in [6, 6.07) is 7.17. The second-order valence-electron chi connectivity index (χ2n) is 5.19. The molecule has 0 aromatic heterocycles. The van der Waals surface area contributed by atoms with Crippen molar-refractivity contribution in [2.45, 2.75) is 49.3 Å². The highest BCUT2D eigenvalue weighted by molar-refractivity contribution is 8.00. The van der Waals surface area contributed by atoms with Crippen molar-refractivity contribution in [3.63, 3.8) is 0 Å². The third-order valence-corrected chi connectivity index (χ3v) is 4.37. The lowest BCUT2D eigenvalue weighted by atomic mass is 10.1. The molecule has 5 heteroatoms. The largest absolute Gasteiger partial charge is 0.480 e. The summed E-state index contributed by atoms with van der Waals surface area (Å²) in [5.74, 6) is -1.05. The third kappa shape index (κ3) is 5.93. The van der Waals surface area contributed by atoms with Gasteiger partial charge in [0.25, 0.3) is 5.91 Å². The van der Waals surface area contributed by atoms with Crippen LogP contribution < -0.4 is 5.32 Å². The molecule has 120 valence electrons. The van der Waals surface area contributed by atoms with E-state index in [1.807, 2.05) is 13.0 Å². The fourth-order valence-electron chi connectivity index (χ4n) is 1.94.